The SMILES string of the molecule is COCCN(C)CCNc1cc(C(F)(F)F)cc(N)n1. The molecule has 0 atom stereocenters. The Bertz CT molecular complexity index is 426. The molecular weight excluding hydrogens is 273 g/mol. The van der Waals surface area contributed by atoms with Crippen molar-refractivity contribution < 1.29 is 17.9 Å². The standard InChI is InChI=1S/C12H19F3N4O/c1-19(5-6-20-2)4-3-17-11-8-9(12(13,14)15)7-10(16)18-11/h7-8H,3-6H2,1-2H3,(H3,16,17,18). The lowest BCUT2D eigenvalue weighted by Crippen LogP contribution is -2.28. The number of halogens is 3. The number of rotatable bonds is 7. The minimum absolute atomic E-state index is 0.123. The van der Waals surface area contributed by atoms with Crippen LogP contribution in [0.1, 0.15) is 5.56 Å². The predicted octanol–water partition coefficient (Wildman–Crippen LogP) is 1.67. The van der Waals surface area contributed by atoms with E-state index in [9.17, 15) is 13.2 Å². The first-order valence-electron chi connectivity index (χ1n) is 6.09. The van der Waals surface area contributed by atoms with Gasteiger partial charge >= 0.3 is 6.18 Å². The molecule has 3 N–H and O–H groups in total. The van der Waals surface area contributed by atoms with Crippen molar-refractivity contribution in [2.75, 3.05) is 51.4 Å². The van der Waals surface area contributed by atoms with Gasteiger partial charge in [0.25, 0.3) is 0 Å². The van der Waals surface area contributed by atoms with Crippen molar-refractivity contribution in [1.82, 2.24) is 9.88 Å². The Balaban J connectivity index is 2.54. The molecule has 20 heavy (non-hydrogen) atoms. The number of nitrogens with one attached hydrogen (secondary N) is 1. The molecule has 0 spiro atoms. The van der Waals surface area contributed by atoms with Crippen LogP contribution in [-0.2, 0) is 10.9 Å². The number of hydrogen-bond donors (Lipinski definition) is 2. The van der Waals surface area contributed by atoms with Crippen LogP contribution in [0.2, 0.25) is 0 Å². The first-order valence-corrected chi connectivity index (χ1v) is 6.09. The molecule has 114 valence electrons. The lowest BCUT2D eigenvalue weighted by molar-refractivity contribution is -0.137. The van der Waals surface area contributed by atoms with E-state index in [4.69, 9.17) is 10.5 Å². The minimum atomic E-state index is -4.43. The normalized spacial score (nSPS) is 11.9. The summed E-state index contributed by atoms with van der Waals surface area (Å²) in [6, 6.07) is 1.77. The summed E-state index contributed by atoms with van der Waals surface area (Å²) in [4.78, 5) is 5.82. The average molecular weight is 292 g/mol. The molecule has 0 saturated heterocycles. The van der Waals surface area contributed by atoms with E-state index < -0.39 is 11.7 Å². The second-order valence-corrected chi connectivity index (χ2v) is 4.39. The van der Waals surface area contributed by atoms with Gasteiger partial charge in [-0.1, -0.05) is 0 Å². The summed E-state index contributed by atoms with van der Waals surface area (Å²) >= 11 is 0. The van der Waals surface area contributed by atoms with Crippen molar-refractivity contribution in [3.8, 4) is 0 Å². The van der Waals surface area contributed by atoms with Gasteiger partial charge in [-0.05, 0) is 19.2 Å². The summed E-state index contributed by atoms with van der Waals surface area (Å²) < 4.78 is 42.7. The monoisotopic (exact) mass is 292 g/mol. The topological polar surface area (TPSA) is 63.4 Å². The largest absolute Gasteiger partial charge is 0.416 e. The van der Waals surface area contributed by atoms with Gasteiger partial charge in [0.15, 0.2) is 0 Å². The molecule has 0 bridgehead atoms. The second-order valence-electron chi connectivity index (χ2n) is 4.39. The fourth-order valence-electron chi connectivity index (χ4n) is 1.54. The van der Waals surface area contributed by atoms with Gasteiger partial charge in [-0.2, -0.15) is 13.2 Å². The summed E-state index contributed by atoms with van der Waals surface area (Å²) in [6.07, 6.45) is -4.43. The van der Waals surface area contributed by atoms with Gasteiger partial charge in [0, 0.05) is 26.7 Å². The van der Waals surface area contributed by atoms with Crippen LogP contribution in [0.5, 0.6) is 0 Å². The maximum Gasteiger partial charge on any atom is 0.416 e. The number of likely N-dealkylation sites (N-methyl/N-ethyl adjacent to an activating group) is 1. The molecule has 5 nitrogen and oxygen atoms in total. The Hall–Kier alpha value is -1.54. The Kier molecular flexibility index (Phi) is 6.03. The van der Waals surface area contributed by atoms with E-state index in [1.54, 1.807) is 7.11 Å². The van der Waals surface area contributed by atoms with Crippen molar-refractivity contribution in [3.05, 3.63) is 17.7 Å². The van der Waals surface area contributed by atoms with Crippen LogP contribution in [0.4, 0.5) is 24.8 Å². The smallest absolute Gasteiger partial charge is 0.384 e. The van der Waals surface area contributed by atoms with E-state index in [0.29, 0.717) is 19.7 Å². The zero-order chi connectivity index (χ0) is 15.2. The van der Waals surface area contributed by atoms with Crippen molar-refractivity contribution >= 4 is 11.6 Å². The molecule has 0 radical (unpaired) electrons. The number of pyridine rings is 1. The molecule has 0 aliphatic rings. The van der Waals surface area contributed by atoms with Gasteiger partial charge in [0.1, 0.15) is 11.6 Å². The molecule has 0 amide bonds. The maximum atomic E-state index is 12.6. The van der Waals surface area contributed by atoms with Gasteiger partial charge in [-0.25, -0.2) is 4.98 Å². The summed E-state index contributed by atoms with van der Waals surface area (Å²) in [5.74, 6) is -0.0347. The number of alkyl halides is 3. The lowest BCUT2D eigenvalue weighted by atomic mass is 10.2. The number of nitrogens with zero attached hydrogens (tertiary/aromatic N) is 2. The second kappa shape index (κ2) is 7.30. The maximum absolute atomic E-state index is 12.6. The average Bonchev–Trinajstić information content (AvgIpc) is 2.34. The van der Waals surface area contributed by atoms with Crippen molar-refractivity contribution in [1.29, 1.82) is 0 Å². The fourth-order valence-corrected chi connectivity index (χ4v) is 1.54. The third-order valence-electron chi connectivity index (χ3n) is 2.65. The number of hydrogen-bond acceptors (Lipinski definition) is 5. The molecule has 1 aromatic rings. The van der Waals surface area contributed by atoms with Gasteiger partial charge in [0.2, 0.25) is 0 Å². The van der Waals surface area contributed by atoms with Crippen LogP contribution in [0, 0.1) is 0 Å². The lowest BCUT2D eigenvalue weighted by Gasteiger charge is -2.17. The van der Waals surface area contributed by atoms with E-state index >= 15 is 0 Å². The van der Waals surface area contributed by atoms with Crippen LogP contribution in [0.15, 0.2) is 12.1 Å². The Morgan fingerprint density at radius 3 is 2.65 bits per heavy atom. The number of nitrogens with two attached hydrogens (primary N) is 1. The van der Waals surface area contributed by atoms with Crippen LogP contribution in [0.3, 0.4) is 0 Å². The van der Waals surface area contributed by atoms with Crippen molar-refractivity contribution in [2.24, 2.45) is 0 Å². The molecule has 0 aliphatic carbocycles. The number of aromatic nitrogens is 1. The van der Waals surface area contributed by atoms with E-state index in [-0.39, 0.29) is 11.6 Å². The van der Waals surface area contributed by atoms with Crippen LogP contribution in [-0.4, -0.2) is 50.3 Å². The number of methoxy groups -OCH3 is 1. The van der Waals surface area contributed by atoms with E-state index in [1.165, 1.54) is 0 Å². The Morgan fingerprint density at radius 1 is 1.35 bits per heavy atom. The number of nitrogen functional groups attached to an aromatic ring is 1. The van der Waals surface area contributed by atoms with Gasteiger partial charge in [-0.3, -0.25) is 0 Å². The fraction of sp³-hybridized carbons (Fsp3) is 0.583. The quantitative estimate of drug-likeness (QED) is 0.800. The molecule has 0 aromatic carbocycles. The van der Waals surface area contributed by atoms with E-state index in [0.717, 1.165) is 18.7 Å². The van der Waals surface area contributed by atoms with Crippen LogP contribution in [0.25, 0.3) is 0 Å². The summed E-state index contributed by atoms with van der Waals surface area (Å²) in [5, 5.41) is 2.83. The molecule has 8 heteroatoms. The first-order chi connectivity index (χ1) is 9.32. The molecule has 1 heterocycles. The molecule has 1 aromatic heterocycles. The van der Waals surface area contributed by atoms with Crippen LogP contribution >= 0.6 is 0 Å². The Morgan fingerprint density at radius 2 is 2.05 bits per heavy atom. The highest BCUT2D eigenvalue weighted by atomic mass is 19.4. The molecular formula is C12H19F3N4O. The zero-order valence-corrected chi connectivity index (χ0v) is 11.5. The van der Waals surface area contributed by atoms with Gasteiger partial charge < -0.3 is 20.7 Å². The zero-order valence-electron chi connectivity index (χ0n) is 11.5. The molecule has 0 aliphatic heterocycles. The van der Waals surface area contributed by atoms with Gasteiger partial charge in [-0.15, -0.1) is 0 Å². The van der Waals surface area contributed by atoms with Gasteiger partial charge in [0.05, 0.1) is 12.2 Å². The molecule has 1 rings (SSSR count). The molecule has 0 saturated carbocycles. The van der Waals surface area contributed by atoms with E-state index in [1.807, 2.05) is 11.9 Å². The molecule has 0 fully saturated rings. The highest BCUT2D eigenvalue weighted by molar-refractivity contribution is 5.47. The minimum Gasteiger partial charge on any atom is -0.384 e. The Labute approximate surface area is 115 Å². The van der Waals surface area contributed by atoms with Crippen LogP contribution < -0.4 is 11.1 Å². The predicted molar refractivity (Wildman–Crippen MR) is 71.5 cm³/mol. The first kappa shape index (κ1) is 16.5. The summed E-state index contributed by atoms with van der Waals surface area (Å²) in [7, 11) is 3.51. The van der Waals surface area contributed by atoms with Crippen molar-refractivity contribution in [2.45, 2.75) is 6.18 Å². The third kappa shape index (κ3) is 5.62. The molecule has 0 unspecified atom stereocenters. The third-order valence-corrected chi connectivity index (χ3v) is 2.65. The number of ether oxygens (including phenoxy) is 1. The van der Waals surface area contributed by atoms with Crippen molar-refractivity contribution in [3.63, 3.8) is 0 Å². The highest BCUT2D eigenvalue weighted by Gasteiger charge is 2.31. The summed E-state index contributed by atoms with van der Waals surface area (Å²) in [6.45, 7) is 2.47. The van der Waals surface area contributed by atoms with E-state index in [2.05, 4.69) is 10.3 Å². The number of anilines is 2. The summed E-state index contributed by atoms with van der Waals surface area (Å²) in [5.41, 5.74) is 4.57. The highest BCUT2D eigenvalue weighted by Crippen LogP contribution is 2.31.